The van der Waals surface area contributed by atoms with Crippen LogP contribution in [0.2, 0.25) is 0 Å². The molecule has 3 N–H and O–H groups in total. The molecule has 0 aliphatic carbocycles. The van der Waals surface area contributed by atoms with Crippen molar-refractivity contribution in [3.05, 3.63) is 16.6 Å². The SMILES string of the molecule is Cc1nn(C)c2sc(C(=O)NC(C)C(=O)NCC(C)CC(=O)O)cc12. The second kappa shape index (κ2) is 7.64. The van der Waals surface area contributed by atoms with Gasteiger partial charge in [0.05, 0.1) is 10.6 Å². The summed E-state index contributed by atoms with van der Waals surface area (Å²) in [4.78, 5) is 36.4. The van der Waals surface area contributed by atoms with Crippen molar-refractivity contribution in [3.8, 4) is 0 Å². The quantitative estimate of drug-likeness (QED) is 0.683. The number of thiophene rings is 1. The van der Waals surface area contributed by atoms with Crippen LogP contribution in [-0.4, -0.2) is 45.3 Å². The number of aromatic nitrogens is 2. The average Bonchev–Trinajstić information content (AvgIpc) is 3.06. The number of rotatable bonds is 7. The summed E-state index contributed by atoms with van der Waals surface area (Å²) in [5, 5.41) is 19.2. The molecule has 2 aromatic rings. The van der Waals surface area contributed by atoms with Gasteiger partial charge >= 0.3 is 5.97 Å². The molecule has 9 heteroatoms. The topological polar surface area (TPSA) is 113 Å². The van der Waals surface area contributed by atoms with Crippen LogP contribution in [0, 0.1) is 12.8 Å². The molecule has 136 valence electrons. The minimum absolute atomic E-state index is 0.0177. The summed E-state index contributed by atoms with van der Waals surface area (Å²) < 4.78 is 1.73. The van der Waals surface area contributed by atoms with Gasteiger partial charge in [0.25, 0.3) is 5.91 Å². The van der Waals surface area contributed by atoms with E-state index in [4.69, 9.17) is 5.11 Å². The molecule has 25 heavy (non-hydrogen) atoms. The van der Waals surface area contributed by atoms with Gasteiger partial charge in [-0.3, -0.25) is 19.1 Å². The molecular formula is C16H22N4O4S. The van der Waals surface area contributed by atoms with E-state index in [1.807, 2.05) is 14.0 Å². The fourth-order valence-corrected chi connectivity index (χ4v) is 3.47. The Morgan fingerprint density at radius 2 is 2.04 bits per heavy atom. The average molecular weight is 366 g/mol. The number of hydrogen-bond donors (Lipinski definition) is 3. The van der Waals surface area contributed by atoms with Gasteiger partial charge in [0.1, 0.15) is 10.9 Å². The largest absolute Gasteiger partial charge is 0.481 e. The summed E-state index contributed by atoms with van der Waals surface area (Å²) in [7, 11) is 1.82. The third-order valence-electron chi connectivity index (χ3n) is 3.81. The number of carboxylic acid groups (broad SMARTS) is 1. The Morgan fingerprint density at radius 1 is 1.36 bits per heavy atom. The summed E-state index contributed by atoms with van der Waals surface area (Å²) in [6.45, 7) is 5.46. The van der Waals surface area contributed by atoms with Gasteiger partial charge in [-0.2, -0.15) is 5.10 Å². The minimum atomic E-state index is -0.905. The van der Waals surface area contributed by atoms with Crippen LogP contribution in [0.3, 0.4) is 0 Å². The minimum Gasteiger partial charge on any atom is -0.481 e. The van der Waals surface area contributed by atoms with Gasteiger partial charge in [-0.1, -0.05) is 6.92 Å². The van der Waals surface area contributed by atoms with Crippen LogP contribution in [0.1, 0.15) is 35.6 Å². The highest BCUT2D eigenvalue weighted by Gasteiger charge is 2.20. The van der Waals surface area contributed by atoms with E-state index in [0.29, 0.717) is 4.88 Å². The van der Waals surface area contributed by atoms with Crippen LogP contribution in [0.25, 0.3) is 10.2 Å². The third-order valence-corrected chi connectivity index (χ3v) is 5.01. The number of carboxylic acids is 1. The number of carbonyl (C=O) groups excluding carboxylic acids is 2. The Balaban J connectivity index is 1.93. The molecule has 0 radical (unpaired) electrons. The van der Waals surface area contributed by atoms with Gasteiger partial charge in [-0.25, -0.2) is 0 Å². The Morgan fingerprint density at radius 3 is 2.64 bits per heavy atom. The zero-order valence-corrected chi connectivity index (χ0v) is 15.4. The molecule has 0 saturated heterocycles. The lowest BCUT2D eigenvalue weighted by Gasteiger charge is -2.15. The molecule has 2 rings (SSSR count). The van der Waals surface area contributed by atoms with E-state index in [1.54, 1.807) is 24.6 Å². The van der Waals surface area contributed by atoms with Gasteiger partial charge in [-0.05, 0) is 25.8 Å². The van der Waals surface area contributed by atoms with Gasteiger partial charge in [0, 0.05) is 25.4 Å². The van der Waals surface area contributed by atoms with Crippen LogP contribution in [0.4, 0.5) is 0 Å². The first-order chi connectivity index (χ1) is 11.7. The summed E-state index contributed by atoms with van der Waals surface area (Å²) >= 11 is 1.32. The molecule has 0 aliphatic heterocycles. The van der Waals surface area contributed by atoms with Crippen molar-refractivity contribution in [2.24, 2.45) is 13.0 Å². The molecular weight excluding hydrogens is 344 g/mol. The maximum atomic E-state index is 12.3. The van der Waals surface area contributed by atoms with Crippen LogP contribution < -0.4 is 10.6 Å². The smallest absolute Gasteiger partial charge is 0.303 e. The van der Waals surface area contributed by atoms with Gasteiger partial charge in [-0.15, -0.1) is 11.3 Å². The third kappa shape index (κ3) is 4.56. The Kier molecular flexibility index (Phi) is 5.78. The first-order valence-electron chi connectivity index (χ1n) is 7.92. The lowest BCUT2D eigenvalue weighted by molar-refractivity contribution is -0.138. The van der Waals surface area contributed by atoms with Crippen LogP contribution in [0.15, 0.2) is 6.07 Å². The molecule has 2 heterocycles. The molecule has 8 nitrogen and oxygen atoms in total. The Hall–Kier alpha value is -2.42. The molecule has 2 amide bonds. The highest BCUT2D eigenvalue weighted by Crippen LogP contribution is 2.27. The predicted molar refractivity (Wildman–Crippen MR) is 94.7 cm³/mol. The standard InChI is InChI=1S/C16H22N4O4S/c1-8(5-13(21)22)7-17-14(23)10(3)18-15(24)12-6-11-9(2)19-20(4)16(11)25-12/h6,8,10H,5,7H2,1-4H3,(H,17,23)(H,18,24)(H,21,22). The monoisotopic (exact) mass is 366 g/mol. The van der Waals surface area contributed by atoms with Crippen molar-refractivity contribution < 1.29 is 19.5 Å². The Bertz CT molecular complexity index is 776. The number of fused-ring (bicyclic) bond motifs is 1. The highest BCUT2D eigenvalue weighted by molar-refractivity contribution is 7.20. The number of nitrogens with one attached hydrogen (secondary N) is 2. The number of aryl methyl sites for hydroxylation is 2. The zero-order chi connectivity index (χ0) is 18.7. The number of carbonyl (C=O) groups is 3. The second-order valence-corrected chi connectivity index (χ2v) is 7.21. The van der Waals surface area contributed by atoms with Crippen molar-refractivity contribution in [1.29, 1.82) is 0 Å². The fourth-order valence-electron chi connectivity index (χ4n) is 2.45. The van der Waals surface area contributed by atoms with Crippen molar-refractivity contribution in [1.82, 2.24) is 20.4 Å². The predicted octanol–water partition coefficient (Wildman–Crippen LogP) is 1.29. The van der Waals surface area contributed by atoms with Gasteiger partial charge < -0.3 is 15.7 Å². The number of aliphatic carboxylic acids is 1. The van der Waals surface area contributed by atoms with Gasteiger partial charge in [0.15, 0.2) is 0 Å². The maximum absolute atomic E-state index is 12.3. The number of nitrogens with zero attached hydrogens (tertiary/aromatic N) is 2. The van der Waals surface area contributed by atoms with Crippen molar-refractivity contribution >= 4 is 39.3 Å². The summed E-state index contributed by atoms with van der Waals surface area (Å²) in [6, 6.07) is 1.06. The van der Waals surface area contributed by atoms with Crippen LogP contribution in [0.5, 0.6) is 0 Å². The molecule has 0 bridgehead atoms. The van der Waals surface area contributed by atoms with Crippen LogP contribution in [-0.2, 0) is 16.6 Å². The molecule has 0 aromatic carbocycles. The van der Waals surface area contributed by atoms with E-state index in [9.17, 15) is 14.4 Å². The molecule has 2 unspecified atom stereocenters. The van der Waals surface area contributed by atoms with E-state index >= 15 is 0 Å². The maximum Gasteiger partial charge on any atom is 0.303 e. The summed E-state index contributed by atoms with van der Waals surface area (Å²) in [5.74, 6) is -1.74. The first-order valence-corrected chi connectivity index (χ1v) is 8.74. The molecule has 0 spiro atoms. The first kappa shape index (κ1) is 18.9. The van der Waals surface area contributed by atoms with Gasteiger partial charge in [0.2, 0.25) is 5.91 Å². The zero-order valence-electron chi connectivity index (χ0n) is 14.6. The summed E-state index contributed by atoms with van der Waals surface area (Å²) in [5.41, 5.74) is 0.853. The van der Waals surface area contributed by atoms with Crippen LogP contribution >= 0.6 is 11.3 Å². The Labute approximate surface area is 149 Å². The van der Waals surface area contributed by atoms with E-state index in [2.05, 4.69) is 15.7 Å². The fraction of sp³-hybridized carbons (Fsp3) is 0.500. The molecule has 0 saturated carbocycles. The molecule has 2 aromatic heterocycles. The van der Waals surface area contributed by atoms with E-state index in [0.717, 1.165) is 15.9 Å². The lowest BCUT2D eigenvalue weighted by atomic mass is 10.1. The number of amides is 2. The van der Waals surface area contributed by atoms with Crippen molar-refractivity contribution in [3.63, 3.8) is 0 Å². The lowest BCUT2D eigenvalue weighted by Crippen LogP contribution is -2.45. The normalized spacial score (nSPS) is 13.4. The van der Waals surface area contributed by atoms with E-state index in [-0.39, 0.29) is 30.7 Å². The molecule has 2 atom stereocenters. The molecule has 0 aliphatic rings. The summed E-state index contributed by atoms with van der Waals surface area (Å²) in [6.07, 6.45) is -0.0177. The second-order valence-electron chi connectivity index (χ2n) is 6.18. The van der Waals surface area contributed by atoms with E-state index in [1.165, 1.54) is 11.3 Å². The number of hydrogen-bond acceptors (Lipinski definition) is 5. The van der Waals surface area contributed by atoms with Crippen molar-refractivity contribution in [2.75, 3.05) is 6.54 Å². The van der Waals surface area contributed by atoms with E-state index < -0.39 is 12.0 Å². The highest BCUT2D eigenvalue weighted by atomic mass is 32.1. The molecule has 0 fully saturated rings. The van der Waals surface area contributed by atoms with Crippen molar-refractivity contribution in [2.45, 2.75) is 33.2 Å².